The second-order valence-electron chi connectivity index (χ2n) is 5.84. The van der Waals surface area contributed by atoms with E-state index in [-0.39, 0.29) is 18.2 Å². The van der Waals surface area contributed by atoms with Crippen molar-refractivity contribution in [3.05, 3.63) is 46.1 Å². The number of thiophene rings is 1. The molecule has 8 heteroatoms. The highest BCUT2D eigenvalue weighted by molar-refractivity contribution is 7.14. The highest BCUT2D eigenvalue weighted by Crippen LogP contribution is 2.32. The van der Waals surface area contributed by atoms with Gasteiger partial charge in [0.25, 0.3) is 5.91 Å². The van der Waals surface area contributed by atoms with E-state index in [0.717, 1.165) is 16.3 Å². The summed E-state index contributed by atoms with van der Waals surface area (Å²) in [6.07, 6.45) is -0.331. The van der Waals surface area contributed by atoms with Gasteiger partial charge in [0, 0.05) is 22.0 Å². The van der Waals surface area contributed by atoms with Gasteiger partial charge in [-0.05, 0) is 36.6 Å². The van der Waals surface area contributed by atoms with Crippen molar-refractivity contribution in [2.24, 2.45) is 0 Å². The zero-order valence-electron chi connectivity index (χ0n) is 13.8. The molecule has 4 rings (SSSR count). The fraction of sp³-hybridized carbons (Fsp3) is 0.167. The fourth-order valence-electron chi connectivity index (χ4n) is 2.56. The Morgan fingerprint density at radius 2 is 2.23 bits per heavy atom. The van der Waals surface area contributed by atoms with Gasteiger partial charge >= 0.3 is 0 Å². The number of benzene rings is 1. The molecule has 1 unspecified atom stereocenters. The van der Waals surface area contributed by atoms with Gasteiger partial charge in [-0.1, -0.05) is 0 Å². The van der Waals surface area contributed by atoms with Gasteiger partial charge in [-0.2, -0.15) is 11.3 Å². The van der Waals surface area contributed by atoms with Gasteiger partial charge in [0.2, 0.25) is 5.91 Å². The lowest BCUT2D eigenvalue weighted by molar-refractivity contribution is -0.122. The molecular weight excluding hydrogens is 370 g/mol. The second-order valence-corrected chi connectivity index (χ2v) is 7.48. The Kier molecular flexibility index (Phi) is 4.44. The first kappa shape index (κ1) is 16.7. The number of nitrogens with one attached hydrogen (secondary N) is 2. The quantitative estimate of drug-likeness (QED) is 0.716. The van der Waals surface area contributed by atoms with Gasteiger partial charge in [0.05, 0.1) is 17.8 Å². The largest absolute Gasteiger partial charge is 0.479 e. The number of ether oxygens (including phenoxy) is 1. The Bertz CT molecular complexity index is 966. The zero-order chi connectivity index (χ0) is 18.1. The minimum absolute atomic E-state index is 0.163. The molecule has 3 aromatic rings. The number of fused-ring (bicyclic) bond motifs is 1. The Balaban J connectivity index is 1.42. The molecular formula is C18H15N3O3S2. The van der Waals surface area contributed by atoms with Crippen LogP contribution in [0, 0.1) is 0 Å². The van der Waals surface area contributed by atoms with E-state index in [1.54, 1.807) is 36.5 Å². The van der Waals surface area contributed by atoms with Crippen LogP contribution < -0.4 is 15.4 Å². The molecule has 2 aromatic heterocycles. The topological polar surface area (TPSA) is 80.3 Å². The van der Waals surface area contributed by atoms with Crippen molar-refractivity contribution in [2.45, 2.75) is 19.4 Å². The second kappa shape index (κ2) is 6.89. The van der Waals surface area contributed by atoms with Crippen molar-refractivity contribution in [2.75, 3.05) is 10.6 Å². The SMILES string of the molecule is CC1Oc2ccc(NC(=O)Cc3csc(-c4ccsc4)n3)cc2NC1=O. The molecule has 2 amide bonds. The van der Waals surface area contributed by atoms with E-state index in [1.807, 2.05) is 22.2 Å². The molecule has 26 heavy (non-hydrogen) atoms. The third-order valence-electron chi connectivity index (χ3n) is 3.86. The molecule has 1 aliphatic heterocycles. The lowest BCUT2D eigenvalue weighted by Crippen LogP contribution is -2.34. The number of nitrogens with zero attached hydrogens (tertiary/aromatic N) is 1. The van der Waals surface area contributed by atoms with Gasteiger partial charge in [-0.3, -0.25) is 9.59 Å². The summed E-state index contributed by atoms with van der Waals surface area (Å²) in [6, 6.07) is 7.18. The average molecular weight is 385 g/mol. The Morgan fingerprint density at radius 3 is 3.04 bits per heavy atom. The van der Waals surface area contributed by atoms with Crippen molar-refractivity contribution in [1.29, 1.82) is 0 Å². The van der Waals surface area contributed by atoms with E-state index < -0.39 is 6.10 Å². The maximum absolute atomic E-state index is 12.3. The molecule has 1 aromatic carbocycles. The van der Waals surface area contributed by atoms with Crippen LogP contribution in [-0.2, 0) is 16.0 Å². The average Bonchev–Trinajstić information content (AvgIpc) is 3.27. The summed E-state index contributed by atoms with van der Waals surface area (Å²) in [5, 5.41) is 12.4. The van der Waals surface area contributed by atoms with Gasteiger partial charge in [0.15, 0.2) is 6.10 Å². The van der Waals surface area contributed by atoms with E-state index in [9.17, 15) is 9.59 Å². The van der Waals surface area contributed by atoms with Crippen LogP contribution in [-0.4, -0.2) is 22.9 Å². The molecule has 0 saturated carbocycles. The van der Waals surface area contributed by atoms with Crippen LogP contribution in [0.3, 0.4) is 0 Å². The number of carbonyl (C=O) groups excluding carboxylic acids is 2. The predicted octanol–water partition coefficient (Wildman–Crippen LogP) is 3.77. The highest BCUT2D eigenvalue weighted by atomic mass is 32.1. The summed E-state index contributed by atoms with van der Waals surface area (Å²) in [5.74, 6) is 0.225. The number of hydrogen-bond donors (Lipinski definition) is 2. The molecule has 1 atom stereocenters. The summed E-state index contributed by atoms with van der Waals surface area (Å²) in [6.45, 7) is 1.69. The predicted molar refractivity (Wildman–Crippen MR) is 103 cm³/mol. The Morgan fingerprint density at radius 1 is 1.35 bits per heavy atom. The van der Waals surface area contributed by atoms with Crippen LogP contribution >= 0.6 is 22.7 Å². The first-order valence-electron chi connectivity index (χ1n) is 7.97. The third kappa shape index (κ3) is 3.47. The minimum atomic E-state index is -0.523. The molecule has 0 aliphatic carbocycles. The van der Waals surface area contributed by atoms with Gasteiger partial charge in [-0.15, -0.1) is 11.3 Å². The van der Waals surface area contributed by atoms with Gasteiger partial charge < -0.3 is 15.4 Å². The molecule has 3 heterocycles. The van der Waals surface area contributed by atoms with Crippen molar-refractivity contribution in [3.63, 3.8) is 0 Å². The van der Waals surface area contributed by atoms with Crippen LogP contribution in [0.4, 0.5) is 11.4 Å². The van der Waals surface area contributed by atoms with E-state index >= 15 is 0 Å². The standard InChI is InChI=1S/C18H15N3O3S2/c1-10-17(23)21-14-6-12(2-3-15(14)24-10)19-16(22)7-13-9-26-18(20-13)11-4-5-25-8-11/h2-6,8-10H,7H2,1H3,(H,19,22)(H,21,23). The van der Waals surface area contributed by atoms with Crippen LogP contribution in [0.15, 0.2) is 40.4 Å². The number of thiazole rings is 1. The number of rotatable bonds is 4. The van der Waals surface area contributed by atoms with Crippen LogP contribution in [0.25, 0.3) is 10.6 Å². The summed E-state index contributed by atoms with van der Waals surface area (Å²) in [4.78, 5) is 28.5. The third-order valence-corrected chi connectivity index (χ3v) is 5.48. The molecule has 0 spiro atoms. The van der Waals surface area contributed by atoms with E-state index in [1.165, 1.54) is 11.3 Å². The monoisotopic (exact) mass is 385 g/mol. The number of carbonyl (C=O) groups is 2. The van der Waals surface area contributed by atoms with Crippen LogP contribution in [0.2, 0.25) is 0 Å². The minimum Gasteiger partial charge on any atom is -0.479 e. The van der Waals surface area contributed by atoms with Crippen molar-refractivity contribution >= 4 is 45.9 Å². The molecule has 6 nitrogen and oxygen atoms in total. The number of amides is 2. The first-order valence-corrected chi connectivity index (χ1v) is 9.79. The van der Waals surface area contributed by atoms with Crippen LogP contribution in [0.5, 0.6) is 5.75 Å². The summed E-state index contributed by atoms with van der Waals surface area (Å²) >= 11 is 3.14. The summed E-state index contributed by atoms with van der Waals surface area (Å²) < 4.78 is 5.51. The number of anilines is 2. The normalized spacial score (nSPS) is 15.7. The number of hydrogen-bond acceptors (Lipinski definition) is 6. The van der Waals surface area contributed by atoms with Gasteiger partial charge in [0.1, 0.15) is 10.8 Å². The zero-order valence-corrected chi connectivity index (χ0v) is 15.4. The van der Waals surface area contributed by atoms with E-state index in [2.05, 4.69) is 15.6 Å². The molecule has 0 radical (unpaired) electrons. The highest BCUT2D eigenvalue weighted by Gasteiger charge is 2.23. The van der Waals surface area contributed by atoms with Crippen LogP contribution in [0.1, 0.15) is 12.6 Å². The Labute approximate surface area is 157 Å². The van der Waals surface area contributed by atoms with Gasteiger partial charge in [-0.25, -0.2) is 4.98 Å². The molecule has 0 bridgehead atoms. The lowest BCUT2D eigenvalue weighted by Gasteiger charge is -2.23. The molecule has 2 N–H and O–H groups in total. The number of aromatic nitrogens is 1. The Hall–Kier alpha value is -2.71. The first-order chi connectivity index (χ1) is 12.6. The van der Waals surface area contributed by atoms with E-state index in [4.69, 9.17) is 4.74 Å². The van der Waals surface area contributed by atoms with E-state index in [0.29, 0.717) is 17.1 Å². The molecule has 1 aliphatic rings. The van der Waals surface area contributed by atoms with Crippen molar-refractivity contribution in [1.82, 2.24) is 4.98 Å². The molecule has 132 valence electrons. The lowest BCUT2D eigenvalue weighted by atomic mass is 10.2. The fourth-order valence-corrected chi connectivity index (χ4v) is 4.09. The van der Waals surface area contributed by atoms with Crippen molar-refractivity contribution in [3.8, 4) is 16.3 Å². The molecule has 0 fully saturated rings. The summed E-state index contributed by atoms with van der Waals surface area (Å²) in [7, 11) is 0. The maximum atomic E-state index is 12.3. The smallest absolute Gasteiger partial charge is 0.265 e. The molecule has 0 saturated heterocycles. The summed E-state index contributed by atoms with van der Waals surface area (Å²) in [5.41, 5.74) is 2.96. The maximum Gasteiger partial charge on any atom is 0.265 e. The van der Waals surface area contributed by atoms with Crippen molar-refractivity contribution < 1.29 is 14.3 Å².